The fourth-order valence-corrected chi connectivity index (χ4v) is 1.84. The summed E-state index contributed by atoms with van der Waals surface area (Å²) in [6.07, 6.45) is 3.23. The predicted octanol–water partition coefficient (Wildman–Crippen LogP) is 2.11. The largest absolute Gasteiger partial charge is 0.459 e. The van der Waals surface area contributed by atoms with Crippen LogP contribution in [0.2, 0.25) is 0 Å². The second-order valence-corrected chi connectivity index (χ2v) is 5.35. The van der Waals surface area contributed by atoms with Gasteiger partial charge in [0.1, 0.15) is 11.6 Å². The molecule has 0 radical (unpaired) electrons. The van der Waals surface area contributed by atoms with E-state index in [4.69, 9.17) is 4.74 Å². The summed E-state index contributed by atoms with van der Waals surface area (Å²) in [7, 11) is 0. The molecule has 3 nitrogen and oxygen atoms in total. The third kappa shape index (κ3) is 4.20. The number of rotatable bonds is 2. The fourth-order valence-electron chi connectivity index (χ4n) is 1.84. The van der Waals surface area contributed by atoms with Crippen molar-refractivity contribution in [3.05, 3.63) is 0 Å². The second kappa shape index (κ2) is 4.97. The summed E-state index contributed by atoms with van der Waals surface area (Å²) < 4.78 is 5.34. The van der Waals surface area contributed by atoms with Gasteiger partial charge in [-0.3, -0.25) is 4.79 Å². The lowest BCUT2D eigenvalue weighted by Crippen LogP contribution is -2.46. The van der Waals surface area contributed by atoms with Gasteiger partial charge in [0.25, 0.3) is 0 Å². The molecule has 1 fully saturated rings. The Morgan fingerprint density at radius 3 is 2.47 bits per heavy atom. The van der Waals surface area contributed by atoms with Crippen molar-refractivity contribution in [3.8, 4) is 0 Å². The first-order valence-electron chi connectivity index (χ1n) is 5.88. The third-order valence-electron chi connectivity index (χ3n) is 2.79. The molecule has 0 aromatic carbocycles. The molecule has 0 aliphatic carbocycles. The van der Waals surface area contributed by atoms with Crippen molar-refractivity contribution in [1.82, 2.24) is 5.32 Å². The molecular formula is C12H23NO2. The number of ether oxygens (including phenoxy) is 1. The SMILES string of the molecule is CCC1CCC(C(=O)OC(C)(C)C)NC1. The van der Waals surface area contributed by atoms with Crippen molar-refractivity contribution in [1.29, 1.82) is 0 Å². The molecule has 0 saturated carbocycles. The molecule has 2 unspecified atom stereocenters. The molecule has 2 atom stereocenters. The number of hydrogen-bond donors (Lipinski definition) is 1. The van der Waals surface area contributed by atoms with Crippen molar-refractivity contribution in [2.45, 2.75) is 58.6 Å². The Bertz CT molecular complexity index is 212. The molecule has 1 saturated heterocycles. The molecule has 1 heterocycles. The molecule has 0 amide bonds. The maximum absolute atomic E-state index is 11.7. The van der Waals surface area contributed by atoms with Gasteiger partial charge < -0.3 is 10.1 Å². The van der Waals surface area contributed by atoms with Gasteiger partial charge in [-0.05, 0) is 46.1 Å². The van der Waals surface area contributed by atoms with Crippen LogP contribution in [0.25, 0.3) is 0 Å². The van der Waals surface area contributed by atoms with Crippen LogP contribution in [0, 0.1) is 5.92 Å². The standard InChI is InChI=1S/C12H23NO2/c1-5-9-6-7-10(13-8-9)11(14)15-12(2,3)4/h9-10,13H,5-8H2,1-4H3. The molecule has 0 bridgehead atoms. The maximum Gasteiger partial charge on any atom is 0.323 e. The Kier molecular flexibility index (Phi) is 4.14. The fraction of sp³-hybridized carbons (Fsp3) is 0.917. The smallest absolute Gasteiger partial charge is 0.323 e. The van der Waals surface area contributed by atoms with Crippen LogP contribution in [0.15, 0.2) is 0 Å². The minimum Gasteiger partial charge on any atom is -0.459 e. The highest BCUT2D eigenvalue weighted by molar-refractivity contribution is 5.76. The average molecular weight is 213 g/mol. The van der Waals surface area contributed by atoms with Gasteiger partial charge in [-0.25, -0.2) is 0 Å². The van der Waals surface area contributed by atoms with E-state index in [0.29, 0.717) is 0 Å². The lowest BCUT2D eigenvalue weighted by atomic mass is 9.93. The Labute approximate surface area is 92.6 Å². The number of esters is 1. The van der Waals surface area contributed by atoms with E-state index in [1.807, 2.05) is 20.8 Å². The van der Waals surface area contributed by atoms with Crippen molar-refractivity contribution < 1.29 is 9.53 Å². The van der Waals surface area contributed by atoms with Gasteiger partial charge in [0.15, 0.2) is 0 Å². The van der Waals surface area contributed by atoms with E-state index in [2.05, 4.69) is 12.2 Å². The molecule has 88 valence electrons. The van der Waals surface area contributed by atoms with Crippen LogP contribution in [0.4, 0.5) is 0 Å². The van der Waals surface area contributed by atoms with E-state index in [9.17, 15) is 4.79 Å². The highest BCUT2D eigenvalue weighted by atomic mass is 16.6. The summed E-state index contributed by atoms with van der Waals surface area (Å²) in [5.74, 6) is 0.626. The average Bonchev–Trinajstić information content (AvgIpc) is 2.15. The first kappa shape index (κ1) is 12.5. The van der Waals surface area contributed by atoms with Gasteiger partial charge in [-0.2, -0.15) is 0 Å². The van der Waals surface area contributed by atoms with Crippen LogP contribution < -0.4 is 5.32 Å². The summed E-state index contributed by atoms with van der Waals surface area (Å²) in [5.41, 5.74) is -0.375. The zero-order valence-electron chi connectivity index (χ0n) is 10.3. The van der Waals surface area contributed by atoms with Crippen molar-refractivity contribution in [2.24, 2.45) is 5.92 Å². The van der Waals surface area contributed by atoms with Gasteiger partial charge in [-0.1, -0.05) is 13.3 Å². The number of hydrogen-bond acceptors (Lipinski definition) is 3. The quantitative estimate of drug-likeness (QED) is 0.714. The van der Waals surface area contributed by atoms with Gasteiger partial charge >= 0.3 is 5.97 Å². The summed E-state index contributed by atoms with van der Waals surface area (Å²) >= 11 is 0. The van der Waals surface area contributed by atoms with Crippen molar-refractivity contribution >= 4 is 5.97 Å². The summed E-state index contributed by atoms with van der Waals surface area (Å²) in [6.45, 7) is 8.86. The van der Waals surface area contributed by atoms with E-state index in [1.54, 1.807) is 0 Å². The molecular weight excluding hydrogens is 190 g/mol. The maximum atomic E-state index is 11.7. The lowest BCUT2D eigenvalue weighted by Gasteiger charge is -2.30. The van der Waals surface area contributed by atoms with Gasteiger partial charge in [0.2, 0.25) is 0 Å². The number of carbonyl (C=O) groups is 1. The second-order valence-electron chi connectivity index (χ2n) is 5.35. The van der Waals surface area contributed by atoms with Crippen LogP contribution in [-0.4, -0.2) is 24.2 Å². The van der Waals surface area contributed by atoms with E-state index in [0.717, 1.165) is 25.3 Å². The predicted molar refractivity (Wildman–Crippen MR) is 60.7 cm³/mol. The molecule has 15 heavy (non-hydrogen) atoms. The minimum atomic E-state index is -0.375. The normalized spacial score (nSPS) is 27.5. The molecule has 0 aromatic rings. The number of carbonyl (C=O) groups excluding carboxylic acids is 1. The lowest BCUT2D eigenvalue weighted by molar-refractivity contribution is -0.158. The third-order valence-corrected chi connectivity index (χ3v) is 2.79. The van der Waals surface area contributed by atoms with Crippen LogP contribution >= 0.6 is 0 Å². The van der Waals surface area contributed by atoms with E-state index in [-0.39, 0.29) is 17.6 Å². The van der Waals surface area contributed by atoms with Crippen molar-refractivity contribution in [2.75, 3.05) is 6.54 Å². The van der Waals surface area contributed by atoms with Crippen LogP contribution in [0.5, 0.6) is 0 Å². The first-order chi connectivity index (χ1) is 6.92. The Hall–Kier alpha value is -0.570. The van der Waals surface area contributed by atoms with E-state index >= 15 is 0 Å². The molecule has 1 N–H and O–H groups in total. The van der Waals surface area contributed by atoms with Gasteiger partial charge in [0, 0.05) is 0 Å². The highest BCUT2D eigenvalue weighted by Crippen LogP contribution is 2.19. The first-order valence-corrected chi connectivity index (χ1v) is 5.88. The van der Waals surface area contributed by atoms with Crippen LogP contribution in [0.3, 0.4) is 0 Å². The molecule has 0 aromatic heterocycles. The Morgan fingerprint density at radius 2 is 2.07 bits per heavy atom. The Balaban J connectivity index is 2.37. The molecule has 1 rings (SSSR count). The minimum absolute atomic E-state index is 0.0907. The molecule has 3 heteroatoms. The number of nitrogens with one attached hydrogen (secondary N) is 1. The molecule has 1 aliphatic heterocycles. The highest BCUT2D eigenvalue weighted by Gasteiger charge is 2.28. The molecule has 1 aliphatic rings. The summed E-state index contributed by atoms with van der Waals surface area (Å²) in [6, 6.07) is -0.0907. The zero-order chi connectivity index (χ0) is 11.5. The van der Waals surface area contributed by atoms with Crippen molar-refractivity contribution in [3.63, 3.8) is 0 Å². The monoisotopic (exact) mass is 213 g/mol. The summed E-state index contributed by atoms with van der Waals surface area (Å²) in [4.78, 5) is 11.7. The van der Waals surface area contributed by atoms with E-state index in [1.165, 1.54) is 6.42 Å². The Morgan fingerprint density at radius 1 is 1.40 bits per heavy atom. The topological polar surface area (TPSA) is 38.3 Å². The van der Waals surface area contributed by atoms with Crippen LogP contribution in [-0.2, 0) is 9.53 Å². The summed E-state index contributed by atoms with van der Waals surface area (Å²) in [5, 5.41) is 3.27. The van der Waals surface area contributed by atoms with Gasteiger partial charge in [-0.15, -0.1) is 0 Å². The molecule has 0 spiro atoms. The number of piperidine rings is 1. The van der Waals surface area contributed by atoms with E-state index < -0.39 is 0 Å². The van der Waals surface area contributed by atoms with Crippen LogP contribution in [0.1, 0.15) is 47.0 Å². The van der Waals surface area contributed by atoms with Gasteiger partial charge in [0.05, 0.1) is 0 Å². The zero-order valence-corrected chi connectivity index (χ0v) is 10.3.